The van der Waals surface area contributed by atoms with Crippen LogP contribution in [-0.2, 0) is 14.3 Å². The van der Waals surface area contributed by atoms with Crippen LogP contribution in [0.5, 0.6) is 0 Å². The molecular weight excluding hydrogens is 232 g/mol. The van der Waals surface area contributed by atoms with Crippen LogP contribution in [0.25, 0.3) is 0 Å². The summed E-state index contributed by atoms with van der Waals surface area (Å²) in [6.07, 6.45) is 3.20. The highest BCUT2D eigenvalue weighted by atomic mass is 16.5. The molecule has 102 valence electrons. The Balaban J connectivity index is 0. The van der Waals surface area contributed by atoms with E-state index < -0.39 is 0 Å². The van der Waals surface area contributed by atoms with Gasteiger partial charge in [0.2, 0.25) is 5.91 Å². The molecule has 1 amide bonds. The number of nitrogens with zero attached hydrogens (tertiary/aromatic N) is 1. The number of Topliss-reactive ketones (excluding diaryl/α,β-unsaturated/α-hetero) is 1. The van der Waals surface area contributed by atoms with E-state index in [9.17, 15) is 9.59 Å². The van der Waals surface area contributed by atoms with Crippen molar-refractivity contribution in [3.8, 4) is 0 Å². The molecule has 18 heavy (non-hydrogen) atoms. The summed E-state index contributed by atoms with van der Waals surface area (Å²) in [5.41, 5.74) is 0.606. The molecule has 0 unspecified atom stereocenters. The molecule has 0 bridgehead atoms. The number of carbonyl (C=O) groups excluding carboxylic acids is 2. The molecule has 0 aromatic carbocycles. The zero-order chi connectivity index (χ0) is 14.4. The first-order valence-electron chi connectivity index (χ1n) is 5.72. The summed E-state index contributed by atoms with van der Waals surface area (Å²) < 4.78 is 4.84. The molecule has 0 saturated heterocycles. The van der Waals surface area contributed by atoms with Crippen LogP contribution < -0.4 is 5.32 Å². The molecule has 1 N–H and O–H groups in total. The minimum Gasteiger partial charge on any atom is -0.364 e. The third-order valence-corrected chi connectivity index (χ3v) is 1.52. The van der Waals surface area contributed by atoms with Crippen LogP contribution in [0, 0.1) is 0 Å². The van der Waals surface area contributed by atoms with E-state index in [0.717, 1.165) is 0 Å². The molecule has 5 nitrogen and oxygen atoms in total. The monoisotopic (exact) mass is 254 g/mol. The number of allylic oxidation sites excluding steroid dienone is 2. The highest BCUT2D eigenvalue weighted by Gasteiger charge is 2.02. The lowest BCUT2D eigenvalue weighted by Gasteiger charge is -2.05. The molecule has 0 aromatic heterocycles. The maximum Gasteiger partial charge on any atom is 0.246 e. The number of nitrogens with one attached hydrogen (secondary N) is 1. The fourth-order valence-corrected chi connectivity index (χ4v) is 0.831. The number of ketones is 1. The van der Waals surface area contributed by atoms with E-state index in [1.807, 2.05) is 13.8 Å². The first-order chi connectivity index (χ1) is 8.60. The maximum absolute atomic E-state index is 11.2. The number of aliphatic imine (C=N–C) groups is 1. The van der Waals surface area contributed by atoms with Gasteiger partial charge >= 0.3 is 0 Å². The van der Waals surface area contributed by atoms with Crippen molar-refractivity contribution in [2.45, 2.75) is 20.8 Å². The van der Waals surface area contributed by atoms with E-state index in [1.54, 1.807) is 12.2 Å². The van der Waals surface area contributed by atoms with Crippen LogP contribution in [0.15, 0.2) is 29.4 Å². The van der Waals surface area contributed by atoms with Gasteiger partial charge in [-0.2, -0.15) is 0 Å². The topological polar surface area (TPSA) is 67.8 Å². The predicted octanol–water partition coefficient (Wildman–Crippen LogP) is 1.50. The molecule has 0 spiro atoms. The zero-order valence-corrected chi connectivity index (χ0v) is 11.4. The van der Waals surface area contributed by atoms with Gasteiger partial charge in [-0.1, -0.05) is 26.5 Å². The fourth-order valence-electron chi connectivity index (χ4n) is 0.831. The van der Waals surface area contributed by atoms with Gasteiger partial charge in [0, 0.05) is 0 Å². The minimum absolute atomic E-state index is 0.0531. The van der Waals surface area contributed by atoms with Gasteiger partial charge in [-0.3, -0.25) is 14.6 Å². The second-order valence-electron chi connectivity index (χ2n) is 3.02. The van der Waals surface area contributed by atoms with Crippen LogP contribution in [0.4, 0.5) is 0 Å². The Morgan fingerprint density at radius 1 is 1.33 bits per heavy atom. The summed E-state index contributed by atoms with van der Waals surface area (Å²) in [5.74, 6) is -0.423. The first kappa shape index (κ1) is 18.6. The second-order valence-corrected chi connectivity index (χ2v) is 3.02. The molecule has 0 aliphatic carbocycles. The quantitative estimate of drug-likeness (QED) is 0.527. The molecule has 5 heteroatoms. The van der Waals surface area contributed by atoms with Gasteiger partial charge in [0.1, 0.15) is 13.2 Å². The van der Waals surface area contributed by atoms with Crippen molar-refractivity contribution in [1.29, 1.82) is 0 Å². The summed E-state index contributed by atoms with van der Waals surface area (Å²) >= 11 is 0. The average Bonchev–Trinajstić information content (AvgIpc) is 2.36. The molecule has 0 radical (unpaired) electrons. The third-order valence-electron chi connectivity index (χ3n) is 1.52. The molecule has 0 aliphatic rings. The summed E-state index contributed by atoms with van der Waals surface area (Å²) in [6.45, 7) is 12.3. The van der Waals surface area contributed by atoms with Crippen molar-refractivity contribution >= 4 is 18.4 Å². The minimum atomic E-state index is -0.306. The van der Waals surface area contributed by atoms with Gasteiger partial charge in [0.05, 0.1) is 12.2 Å². The van der Waals surface area contributed by atoms with Gasteiger partial charge in [-0.05, 0) is 19.7 Å². The van der Waals surface area contributed by atoms with Crippen LogP contribution in [-0.4, -0.2) is 38.2 Å². The number of amides is 1. The molecule has 0 heterocycles. The lowest BCUT2D eigenvalue weighted by atomic mass is 10.4. The van der Waals surface area contributed by atoms with E-state index in [0.29, 0.717) is 5.70 Å². The van der Waals surface area contributed by atoms with E-state index in [4.69, 9.17) is 4.74 Å². The van der Waals surface area contributed by atoms with Crippen molar-refractivity contribution in [2.75, 3.05) is 19.8 Å². The van der Waals surface area contributed by atoms with Crippen molar-refractivity contribution < 1.29 is 14.3 Å². The van der Waals surface area contributed by atoms with Crippen LogP contribution in [0.1, 0.15) is 20.8 Å². The molecule has 0 fully saturated rings. The highest BCUT2D eigenvalue weighted by Crippen LogP contribution is 1.92. The maximum atomic E-state index is 11.2. The van der Waals surface area contributed by atoms with Crippen molar-refractivity contribution in [3.05, 3.63) is 24.4 Å². The predicted molar refractivity (Wildman–Crippen MR) is 73.7 cm³/mol. The number of carbonyl (C=O) groups is 2. The summed E-state index contributed by atoms with van der Waals surface area (Å²) in [4.78, 5) is 25.4. The number of hydrogen-bond acceptors (Lipinski definition) is 4. The van der Waals surface area contributed by atoms with Crippen LogP contribution >= 0.6 is 0 Å². The van der Waals surface area contributed by atoms with Crippen LogP contribution in [0.2, 0.25) is 0 Å². The highest BCUT2D eigenvalue weighted by molar-refractivity contribution is 5.79. The molecule has 0 aromatic rings. The van der Waals surface area contributed by atoms with E-state index in [2.05, 4.69) is 23.6 Å². The van der Waals surface area contributed by atoms with Gasteiger partial charge in [-0.15, -0.1) is 0 Å². The fraction of sp³-hybridized carbons (Fsp3) is 0.462. The van der Waals surface area contributed by atoms with Crippen molar-refractivity contribution in [1.82, 2.24) is 5.32 Å². The van der Waals surface area contributed by atoms with E-state index >= 15 is 0 Å². The molecular formula is C13H22N2O3. The Bertz CT molecular complexity index is 309. The van der Waals surface area contributed by atoms with E-state index in [1.165, 1.54) is 6.92 Å². The van der Waals surface area contributed by atoms with Crippen molar-refractivity contribution in [3.63, 3.8) is 0 Å². The van der Waals surface area contributed by atoms with Gasteiger partial charge < -0.3 is 10.1 Å². The second kappa shape index (κ2) is 13.3. The Morgan fingerprint density at radius 3 is 2.39 bits per heavy atom. The Labute approximate surface area is 109 Å². The lowest BCUT2D eigenvalue weighted by Crippen LogP contribution is -2.29. The number of ether oxygens (including phenoxy) is 1. The standard InChI is InChI=1S/C11H16N2O3.C2H6/c1-4-5-10(12-3)6-13-11(15)8-16-7-9(2)14;1-2/h4-5H,1,3,6-8H2,2H3,(H,13,15);1-2H3/b10-5-;. The Kier molecular flexibility index (Phi) is 13.8. The SMILES string of the molecule is C=C/C=C(/CNC(=O)COCC(C)=O)N=C.CC. The number of hydrogen-bond donors (Lipinski definition) is 1. The van der Waals surface area contributed by atoms with Gasteiger partial charge in [-0.25, -0.2) is 0 Å². The zero-order valence-electron chi connectivity index (χ0n) is 11.4. The first-order valence-corrected chi connectivity index (χ1v) is 5.72. The molecule has 0 saturated carbocycles. The van der Waals surface area contributed by atoms with Gasteiger partial charge in [0.15, 0.2) is 5.78 Å². The van der Waals surface area contributed by atoms with Crippen molar-refractivity contribution in [2.24, 2.45) is 4.99 Å². The summed E-state index contributed by atoms with van der Waals surface area (Å²) in [7, 11) is 0. The van der Waals surface area contributed by atoms with E-state index in [-0.39, 0.29) is 31.4 Å². The third kappa shape index (κ3) is 12.3. The van der Waals surface area contributed by atoms with Gasteiger partial charge in [0.25, 0.3) is 0 Å². The molecule has 0 rings (SSSR count). The largest absolute Gasteiger partial charge is 0.364 e. The summed E-state index contributed by atoms with van der Waals surface area (Å²) in [6, 6.07) is 0. The molecule has 0 atom stereocenters. The lowest BCUT2D eigenvalue weighted by molar-refractivity contribution is -0.128. The average molecular weight is 254 g/mol. The smallest absolute Gasteiger partial charge is 0.246 e. The van der Waals surface area contributed by atoms with Crippen LogP contribution in [0.3, 0.4) is 0 Å². The Morgan fingerprint density at radius 2 is 1.94 bits per heavy atom. The summed E-state index contributed by atoms with van der Waals surface area (Å²) in [5, 5.41) is 2.57. The number of rotatable bonds is 8. The molecule has 0 aliphatic heterocycles. The normalized spacial score (nSPS) is 9.83. The Hall–Kier alpha value is -1.75.